The van der Waals surface area contributed by atoms with Crippen molar-refractivity contribution >= 4 is 23.4 Å². The van der Waals surface area contributed by atoms with E-state index in [2.05, 4.69) is 5.32 Å². The molecule has 2 rings (SSSR count). The Morgan fingerprint density at radius 1 is 1.00 bits per heavy atom. The van der Waals surface area contributed by atoms with Crippen LogP contribution in [0.3, 0.4) is 0 Å². The van der Waals surface area contributed by atoms with Gasteiger partial charge in [-0.3, -0.25) is 4.79 Å². The van der Waals surface area contributed by atoms with Crippen LogP contribution in [0.15, 0.2) is 54.6 Å². The minimum Gasteiger partial charge on any atom is -0.325 e. The first kappa shape index (κ1) is 18.4. The average Bonchev–Trinajstić information content (AvgIpc) is 2.55. The zero-order chi connectivity index (χ0) is 17.7. The second-order valence-corrected chi connectivity index (χ2v) is 7.05. The molecule has 0 aliphatic carbocycles. The van der Waals surface area contributed by atoms with Crippen molar-refractivity contribution in [1.82, 2.24) is 0 Å². The fourth-order valence-electron chi connectivity index (χ4n) is 2.24. The second-order valence-electron chi connectivity index (χ2n) is 5.36. The fraction of sp³-hybridized carbons (Fsp3) is 0.278. The van der Waals surface area contributed by atoms with Crippen LogP contribution in [-0.2, 0) is 11.0 Å². The molecule has 2 aromatic rings. The Bertz CT molecular complexity index is 688. The number of carbonyl (C=O) groups is 1. The standard InChI is InChI=1S/C18H18F3NOS/c1-12(14-8-4-3-5-9-14)24-13(2)17(23)22-16-11-7-6-10-15(16)18(19,20)21/h3-13H,1-2H3,(H,22,23). The third-order valence-corrected chi connectivity index (χ3v) is 4.84. The largest absolute Gasteiger partial charge is 0.418 e. The predicted molar refractivity (Wildman–Crippen MR) is 92.0 cm³/mol. The molecule has 0 radical (unpaired) electrons. The van der Waals surface area contributed by atoms with Crippen molar-refractivity contribution in [2.45, 2.75) is 30.5 Å². The van der Waals surface area contributed by atoms with Crippen LogP contribution in [0.2, 0.25) is 0 Å². The minimum absolute atomic E-state index is 0.0600. The highest BCUT2D eigenvalue weighted by Gasteiger charge is 2.34. The number of thioether (sulfide) groups is 1. The predicted octanol–water partition coefficient (Wildman–Crippen LogP) is 5.53. The van der Waals surface area contributed by atoms with Crippen molar-refractivity contribution < 1.29 is 18.0 Å². The summed E-state index contributed by atoms with van der Waals surface area (Å²) in [6.07, 6.45) is -4.50. The molecule has 0 saturated heterocycles. The van der Waals surface area contributed by atoms with Gasteiger partial charge >= 0.3 is 6.18 Å². The summed E-state index contributed by atoms with van der Waals surface area (Å²) in [4.78, 5) is 12.3. The molecule has 6 heteroatoms. The van der Waals surface area contributed by atoms with Crippen molar-refractivity contribution in [3.63, 3.8) is 0 Å². The lowest BCUT2D eigenvalue weighted by Crippen LogP contribution is -2.24. The number of benzene rings is 2. The van der Waals surface area contributed by atoms with Gasteiger partial charge in [-0.1, -0.05) is 42.5 Å². The van der Waals surface area contributed by atoms with E-state index in [9.17, 15) is 18.0 Å². The zero-order valence-corrected chi connectivity index (χ0v) is 14.1. The van der Waals surface area contributed by atoms with E-state index in [4.69, 9.17) is 0 Å². The first-order chi connectivity index (χ1) is 11.3. The van der Waals surface area contributed by atoms with Gasteiger partial charge in [0.05, 0.1) is 16.5 Å². The lowest BCUT2D eigenvalue weighted by atomic mass is 10.1. The number of halogens is 3. The maximum Gasteiger partial charge on any atom is 0.418 e. The lowest BCUT2D eigenvalue weighted by Gasteiger charge is -2.19. The third kappa shape index (κ3) is 4.77. The molecule has 2 nitrogen and oxygen atoms in total. The molecular formula is C18H18F3NOS. The number of alkyl halides is 3. The van der Waals surface area contributed by atoms with Crippen molar-refractivity contribution in [3.05, 3.63) is 65.7 Å². The summed E-state index contributed by atoms with van der Waals surface area (Å²) < 4.78 is 38.9. The molecule has 128 valence electrons. The molecule has 2 aromatic carbocycles. The van der Waals surface area contributed by atoms with Crippen LogP contribution >= 0.6 is 11.8 Å². The first-order valence-corrected chi connectivity index (χ1v) is 8.41. The van der Waals surface area contributed by atoms with Crippen LogP contribution < -0.4 is 5.32 Å². The SMILES string of the molecule is CC(SC(C)c1ccccc1)C(=O)Nc1ccccc1C(F)(F)F. The number of carbonyl (C=O) groups excluding carboxylic acids is 1. The Balaban J connectivity index is 2.05. The summed E-state index contributed by atoms with van der Waals surface area (Å²) in [6, 6.07) is 14.6. The van der Waals surface area contributed by atoms with Gasteiger partial charge in [0.2, 0.25) is 5.91 Å². The van der Waals surface area contributed by atoms with Crippen molar-refractivity contribution in [1.29, 1.82) is 0 Å². The van der Waals surface area contributed by atoms with Gasteiger partial charge in [0.1, 0.15) is 0 Å². The molecule has 0 heterocycles. The summed E-state index contributed by atoms with van der Waals surface area (Å²) in [5.74, 6) is -0.445. The first-order valence-electron chi connectivity index (χ1n) is 7.46. The fourth-order valence-corrected chi connectivity index (χ4v) is 3.35. The van der Waals surface area contributed by atoms with Crippen LogP contribution in [0.25, 0.3) is 0 Å². The van der Waals surface area contributed by atoms with Crippen LogP contribution in [0.5, 0.6) is 0 Å². The van der Waals surface area contributed by atoms with Gasteiger partial charge in [-0.05, 0) is 31.5 Å². The molecule has 0 aliphatic rings. The molecular weight excluding hydrogens is 335 g/mol. The molecule has 0 aromatic heterocycles. The van der Waals surface area contributed by atoms with E-state index in [1.807, 2.05) is 37.3 Å². The van der Waals surface area contributed by atoms with Gasteiger partial charge in [0, 0.05) is 5.25 Å². The van der Waals surface area contributed by atoms with E-state index in [1.165, 1.54) is 30.0 Å². The number of para-hydroxylation sites is 1. The van der Waals surface area contributed by atoms with Gasteiger partial charge in [-0.2, -0.15) is 13.2 Å². The van der Waals surface area contributed by atoms with Crippen LogP contribution in [0.4, 0.5) is 18.9 Å². The Morgan fingerprint density at radius 2 is 1.58 bits per heavy atom. The van der Waals surface area contributed by atoms with Gasteiger partial charge in [-0.15, -0.1) is 11.8 Å². The van der Waals surface area contributed by atoms with E-state index in [1.54, 1.807) is 6.92 Å². The topological polar surface area (TPSA) is 29.1 Å². The highest BCUT2D eigenvalue weighted by Crippen LogP contribution is 2.36. The quantitative estimate of drug-likeness (QED) is 0.766. The van der Waals surface area contributed by atoms with Crippen molar-refractivity contribution in [2.24, 2.45) is 0 Å². The van der Waals surface area contributed by atoms with Crippen molar-refractivity contribution in [2.75, 3.05) is 5.32 Å². The molecule has 0 aliphatic heterocycles. The maximum atomic E-state index is 13.0. The molecule has 0 saturated carbocycles. The summed E-state index contributed by atoms with van der Waals surface area (Å²) in [7, 11) is 0. The summed E-state index contributed by atoms with van der Waals surface area (Å²) >= 11 is 1.40. The third-order valence-electron chi connectivity index (χ3n) is 3.54. The minimum atomic E-state index is -4.50. The smallest absolute Gasteiger partial charge is 0.325 e. The van der Waals surface area contributed by atoms with Gasteiger partial charge in [0.25, 0.3) is 0 Å². The average molecular weight is 353 g/mol. The maximum absolute atomic E-state index is 13.0. The number of hydrogen-bond acceptors (Lipinski definition) is 2. The Kier molecular flexibility index (Phi) is 5.94. The molecule has 1 amide bonds. The number of anilines is 1. The summed E-state index contributed by atoms with van der Waals surface area (Å²) in [5.41, 5.74) is 0.0133. The Labute approximate surface area is 143 Å². The van der Waals surface area contributed by atoms with Gasteiger partial charge in [0.15, 0.2) is 0 Å². The zero-order valence-electron chi connectivity index (χ0n) is 13.3. The monoisotopic (exact) mass is 353 g/mol. The van der Waals surface area contributed by atoms with Gasteiger partial charge < -0.3 is 5.32 Å². The summed E-state index contributed by atoms with van der Waals surface area (Å²) in [5, 5.41) is 1.97. The summed E-state index contributed by atoms with van der Waals surface area (Å²) in [6.45, 7) is 3.66. The number of amides is 1. The van der Waals surface area contributed by atoms with E-state index in [0.29, 0.717) is 0 Å². The molecule has 0 bridgehead atoms. The molecule has 0 spiro atoms. The van der Waals surface area contributed by atoms with Crippen LogP contribution in [0.1, 0.15) is 30.2 Å². The van der Waals surface area contributed by atoms with E-state index >= 15 is 0 Å². The number of nitrogens with one attached hydrogen (secondary N) is 1. The number of hydrogen-bond donors (Lipinski definition) is 1. The van der Waals surface area contributed by atoms with Gasteiger partial charge in [-0.25, -0.2) is 0 Å². The number of rotatable bonds is 5. The normalized spacial score (nSPS) is 14.0. The van der Waals surface area contributed by atoms with E-state index < -0.39 is 22.9 Å². The second kappa shape index (κ2) is 7.75. The van der Waals surface area contributed by atoms with E-state index in [0.717, 1.165) is 11.6 Å². The molecule has 24 heavy (non-hydrogen) atoms. The molecule has 2 atom stereocenters. The highest BCUT2D eigenvalue weighted by atomic mass is 32.2. The molecule has 0 fully saturated rings. The Morgan fingerprint density at radius 3 is 2.21 bits per heavy atom. The van der Waals surface area contributed by atoms with Crippen LogP contribution in [-0.4, -0.2) is 11.2 Å². The van der Waals surface area contributed by atoms with E-state index in [-0.39, 0.29) is 10.9 Å². The Hall–Kier alpha value is -1.95. The van der Waals surface area contributed by atoms with Crippen molar-refractivity contribution in [3.8, 4) is 0 Å². The lowest BCUT2D eigenvalue weighted by molar-refractivity contribution is -0.137. The molecule has 2 unspecified atom stereocenters. The highest BCUT2D eigenvalue weighted by molar-refractivity contribution is 8.00. The molecule has 1 N–H and O–H groups in total. The van der Waals surface area contributed by atoms with Crippen LogP contribution in [0, 0.1) is 0 Å².